The average molecular weight is 551 g/mol. The van der Waals surface area contributed by atoms with Crippen molar-refractivity contribution in [1.29, 1.82) is 0 Å². The maximum absolute atomic E-state index is 12.1. The summed E-state index contributed by atoms with van der Waals surface area (Å²) in [7, 11) is 0. The lowest BCUT2D eigenvalue weighted by Gasteiger charge is -2.32. The highest BCUT2D eigenvalue weighted by Gasteiger charge is 2.30. The highest BCUT2D eigenvalue weighted by molar-refractivity contribution is 5.97. The minimum absolute atomic E-state index is 0.0423. The molecule has 0 amide bonds. The van der Waals surface area contributed by atoms with Crippen molar-refractivity contribution < 1.29 is 9.59 Å². The molecule has 0 saturated carbocycles. The first-order chi connectivity index (χ1) is 19.3. The topological polar surface area (TPSA) is 34.1 Å². The molecule has 0 spiro atoms. The van der Waals surface area contributed by atoms with Crippen LogP contribution in [0, 0.1) is 17.3 Å². The van der Waals surface area contributed by atoms with Crippen molar-refractivity contribution in [3.63, 3.8) is 0 Å². The van der Waals surface area contributed by atoms with E-state index in [1.807, 2.05) is 13.8 Å². The Morgan fingerprint density at radius 2 is 1.27 bits per heavy atom. The quantitative estimate of drug-likeness (QED) is 0.254. The zero-order valence-corrected chi connectivity index (χ0v) is 26.8. The highest BCUT2D eigenvalue weighted by Crippen LogP contribution is 2.39. The molecule has 0 N–H and O–H groups in total. The Balaban J connectivity index is 1.89. The van der Waals surface area contributed by atoms with Crippen LogP contribution >= 0.6 is 0 Å². The van der Waals surface area contributed by atoms with Gasteiger partial charge in [0.25, 0.3) is 0 Å². The van der Waals surface area contributed by atoms with E-state index < -0.39 is 0 Å². The molecule has 2 aliphatic carbocycles. The third-order valence-electron chi connectivity index (χ3n) is 7.94. The molecule has 2 nitrogen and oxygen atoms in total. The van der Waals surface area contributed by atoms with E-state index in [0.29, 0.717) is 24.7 Å². The molecule has 0 fully saturated rings. The van der Waals surface area contributed by atoms with Gasteiger partial charge < -0.3 is 0 Å². The van der Waals surface area contributed by atoms with Crippen LogP contribution in [0.15, 0.2) is 130 Å². The van der Waals surface area contributed by atoms with Gasteiger partial charge in [0.15, 0.2) is 11.6 Å². The van der Waals surface area contributed by atoms with E-state index in [0.717, 1.165) is 28.7 Å². The van der Waals surface area contributed by atoms with Crippen molar-refractivity contribution in [3.8, 4) is 0 Å². The van der Waals surface area contributed by atoms with Crippen LogP contribution in [-0.4, -0.2) is 11.6 Å². The summed E-state index contributed by atoms with van der Waals surface area (Å²) in [6.45, 7) is 18.8. The predicted molar refractivity (Wildman–Crippen MR) is 177 cm³/mol. The van der Waals surface area contributed by atoms with Crippen LogP contribution in [0.25, 0.3) is 0 Å². The predicted octanol–water partition coefficient (Wildman–Crippen LogP) is 10.4. The van der Waals surface area contributed by atoms with Crippen LogP contribution in [0.1, 0.15) is 81.6 Å². The molecular weight excluding hydrogens is 500 g/mol. The maximum Gasteiger partial charge on any atom is 0.158 e. The molecule has 0 radical (unpaired) electrons. The largest absolute Gasteiger partial charge is 0.295 e. The Labute approximate surface area is 249 Å². The Hall–Kier alpha value is -3.52. The first kappa shape index (κ1) is 33.7. The third-order valence-corrected chi connectivity index (χ3v) is 7.94. The number of hydrogen-bond donors (Lipinski definition) is 0. The molecule has 2 atom stereocenters. The standard InChI is InChI=1S/C39H50O2/c1-28(16-12-18-30(3)20-22-35-26-33(6)38(41)27-32(35)5)14-10-11-15-29(2)17-13-19-31(4)21-23-36-34(7)37(40)24-25-39(36,8)9/h10-23,26,32,35H,24-25,27H2,1-9H3/b11-10+,16-12-,17-13-,22-20+,23-21+,28-14+,29-15+,30-18-,31-19-/t32-,35-/m1/s1. The number of carbonyl (C=O) groups excluding carboxylic acids is 2. The Morgan fingerprint density at radius 1 is 0.756 bits per heavy atom. The van der Waals surface area contributed by atoms with E-state index >= 15 is 0 Å². The van der Waals surface area contributed by atoms with Crippen molar-refractivity contribution in [1.82, 2.24) is 0 Å². The van der Waals surface area contributed by atoms with Crippen molar-refractivity contribution in [2.45, 2.75) is 81.6 Å². The van der Waals surface area contributed by atoms with Crippen LogP contribution in [0.2, 0.25) is 0 Å². The normalized spacial score (nSPS) is 23.9. The third kappa shape index (κ3) is 11.5. The van der Waals surface area contributed by atoms with Gasteiger partial charge in [0, 0.05) is 12.8 Å². The zero-order valence-electron chi connectivity index (χ0n) is 26.8. The van der Waals surface area contributed by atoms with E-state index in [1.54, 1.807) is 0 Å². The van der Waals surface area contributed by atoms with Crippen molar-refractivity contribution >= 4 is 11.6 Å². The van der Waals surface area contributed by atoms with Gasteiger partial charge in [-0.1, -0.05) is 134 Å². The fraction of sp³-hybridized carbons (Fsp3) is 0.385. The molecule has 0 unspecified atom stereocenters. The van der Waals surface area contributed by atoms with E-state index in [9.17, 15) is 9.59 Å². The summed E-state index contributed by atoms with van der Waals surface area (Å²) in [5.41, 5.74) is 7.67. The van der Waals surface area contributed by atoms with Crippen LogP contribution < -0.4 is 0 Å². The molecule has 0 aromatic carbocycles. The number of ketones is 2. The average Bonchev–Trinajstić information content (AvgIpc) is 2.90. The molecular formula is C39H50O2. The number of carbonyl (C=O) groups is 2. The van der Waals surface area contributed by atoms with Crippen molar-refractivity contribution in [2.24, 2.45) is 17.3 Å². The molecule has 0 heterocycles. The molecule has 0 aliphatic heterocycles. The maximum atomic E-state index is 12.1. The van der Waals surface area contributed by atoms with Crippen LogP contribution in [-0.2, 0) is 9.59 Å². The van der Waals surface area contributed by atoms with Gasteiger partial charge in [0.2, 0.25) is 0 Å². The van der Waals surface area contributed by atoms with Gasteiger partial charge in [0.05, 0.1) is 0 Å². The summed E-state index contributed by atoms with van der Waals surface area (Å²) in [6.07, 6.45) is 33.7. The van der Waals surface area contributed by atoms with E-state index in [4.69, 9.17) is 0 Å². The smallest absolute Gasteiger partial charge is 0.158 e. The molecule has 0 saturated heterocycles. The Morgan fingerprint density at radius 3 is 1.85 bits per heavy atom. The number of Topliss-reactive ketones (excluding diaryl/α,β-unsaturated/α-hetero) is 2. The van der Waals surface area contributed by atoms with Crippen LogP contribution in [0.5, 0.6) is 0 Å². The minimum atomic E-state index is 0.0423. The Kier molecular flexibility index (Phi) is 13.2. The lowest BCUT2D eigenvalue weighted by molar-refractivity contribution is -0.117. The molecule has 2 rings (SSSR count). The second-order valence-corrected chi connectivity index (χ2v) is 12.3. The summed E-state index contributed by atoms with van der Waals surface area (Å²) >= 11 is 0. The summed E-state index contributed by atoms with van der Waals surface area (Å²) < 4.78 is 0. The summed E-state index contributed by atoms with van der Waals surface area (Å²) in [5, 5.41) is 0. The molecule has 218 valence electrons. The van der Waals surface area contributed by atoms with E-state index in [2.05, 4.69) is 140 Å². The Bertz CT molecular complexity index is 1320. The second-order valence-electron chi connectivity index (χ2n) is 12.3. The van der Waals surface area contributed by atoms with Crippen LogP contribution in [0.3, 0.4) is 0 Å². The van der Waals surface area contributed by atoms with Gasteiger partial charge in [-0.15, -0.1) is 0 Å². The van der Waals surface area contributed by atoms with Gasteiger partial charge in [-0.3, -0.25) is 9.59 Å². The number of rotatable bonds is 10. The number of hydrogen-bond acceptors (Lipinski definition) is 2. The lowest BCUT2D eigenvalue weighted by atomic mass is 9.72. The summed E-state index contributed by atoms with van der Waals surface area (Å²) in [6, 6.07) is 0. The fourth-order valence-electron chi connectivity index (χ4n) is 4.96. The molecule has 0 aromatic heterocycles. The van der Waals surface area contributed by atoms with Crippen molar-refractivity contribution in [2.75, 3.05) is 0 Å². The summed E-state index contributed by atoms with van der Waals surface area (Å²) in [4.78, 5) is 24.0. The summed E-state index contributed by atoms with van der Waals surface area (Å²) in [5.74, 6) is 1.22. The first-order valence-electron chi connectivity index (χ1n) is 14.8. The van der Waals surface area contributed by atoms with Gasteiger partial charge in [0.1, 0.15) is 0 Å². The van der Waals surface area contributed by atoms with E-state index in [-0.39, 0.29) is 17.0 Å². The molecule has 0 aromatic rings. The second kappa shape index (κ2) is 16.1. The van der Waals surface area contributed by atoms with Crippen LogP contribution in [0.4, 0.5) is 0 Å². The molecule has 2 aliphatic rings. The molecule has 2 heteroatoms. The lowest BCUT2D eigenvalue weighted by Crippen LogP contribution is -2.24. The SMILES string of the molecule is CC1=C[C@@H](/C=C/C(C)=C\C=C/C(C)=C/C=C/C=C(C)/C=C\C=C(C)/C=C/C2=C(C)C(=O)CCC2(C)C)[C@H](C)CC1=O. The monoisotopic (exact) mass is 550 g/mol. The number of allylic oxidation sites excluding steroid dienone is 22. The van der Waals surface area contributed by atoms with E-state index in [1.165, 1.54) is 16.7 Å². The van der Waals surface area contributed by atoms with Gasteiger partial charge in [-0.2, -0.15) is 0 Å². The highest BCUT2D eigenvalue weighted by atomic mass is 16.1. The first-order valence-corrected chi connectivity index (χ1v) is 14.8. The van der Waals surface area contributed by atoms with Gasteiger partial charge in [-0.05, 0) is 81.9 Å². The molecule has 0 bridgehead atoms. The fourth-order valence-corrected chi connectivity index (χ4v) is 4.96. The van der Waals surface area contributed by atoms with Crippen molar-refractivity contribution in [3.05, 3.63) is 130 Å². The minimum Gasteiger partial charge on any atom is -0.295 e. The molecule has 41 heavy (non-hydrogen) atoms. The van der Waals surface area contributed by atoms with Gasteiger partial charge in [-0.25, -0.2) is 0 Å². The van der Waals surface area contributed by atoms with Gasteiger partial charge >= 0.3 is 0 Å². The zero-order chi connectivity index (χ0) is 30.6.